The van der Waals surface area contributed by atoms with Crippen LogP contribution in [0.5, 0.6) is 0 Å². The highest BCUT2D eigenvalue weighted by Crippen LogP contribution is 2.30. The van der Waals surface area contributed by atoms with Crippen LogP contribution in [0.25, 0.3) is 17.7 Å². The van der Waals surface area contributed by atoms with E-state index in [4.69, 9.17) is 15.7 Å². The normalized spacial score (nSPS) is 13.8. The van der Waals surface area contributed by atoms with Crippen molar-refractivity contribution in [3.05, 3.63) is 65.5 Å². The molecule has 0 atom stereocenters. The number of nitrogens with two attached hydrogens (primary N) is 1. The molecule has 1 aliphatic heterocycles. The SMILES string of the molecule is C=Cc1ncn(C)c1/C=C(\N)N(C)c1ccc(C2=CCN(C(=O)OCC#N)CC2)cc1CC. The molecular weight excluding hydrogens is 416 g/mol. The number of nitrogens with zero attached hydrogens (tertiary/aromatic N) is 5. The van der Waals surface area contributed by atoms with Crippen molar-refractivity contribution < 1.29 is 9.53 Å². The Morgan fingerprint density at radius 1 is 1.45 bits per heavy atom. The minimum Gasteiger partial charge on any atom is -0.434 e. The summed E-state index contributed by atoms with van der Waals surface area (Å²) in [6.07, 6.45) is 8.53. The van der Waals surface area contributed by atoms with Crippen molar-refractivity contribution in [3.63, 3.8) is 0 Å². The zero-order chi connectivity index (χ0) is 24.0. The Balaban J connectivity index is 1.80. The molecule has 0 saturated heterocycles. The fourth-order valence-electron chi connectivity index (χ4n) is 3.84. The maximum absolute atomic E-state index is 11.9. The smallest absolute Gasteiger partial charge is 0.411 e. The van der Waals surface area contributed by atoms with Gasteiger partial charge in [0, 0.05) is 38.9 Å². The number of benzene rings is 1. The predicted octanol–water partition coefficient (Wildman–Crippen LogP) is 3.77. The number of carbonyl (C=O) groups is 1. The number of carbonyl (C=O) groups excluding carboxylic acids is 1. The third-order valence-electron chi connectivity index (χ3n) is 5.80. The number of aromatic nitrogens is 2. The molecule has 0 spiro atoms. The van der Waals surface area contributed by atoms with Gasteiger partial charge in [-0.15, -0.1) is 0 Å². The minimum atomic E-state index is -0.451. The number of hydrogen-bond donors (Lipinski definition) is 1. The number of aryl methyl sites for hydroxylation is 2. The van der Waals surface area contributed by atoms with E-state index < -0.39 is 6.09 Å². The fraction of sp³-hybridized carbons (Fsp3) is 0.320. The molecular formula is C25H30N6O2. The van der Waals surface area contributed by atoms with E-state index in [0.717, 1.165) is 35.5 Å². The highest BCUT2D eigenvalue weighted by atomic mass is 16.6. The zero-order valence-corrected chi connectivity index (χ0v) is 19.4. The average molecular weight is 447 g/mol. The maximum Gasteiger partial charge on any atom is 0.411 e. The molecule has 172 valence electrons. The van der Waals surface area contributed by atoms with E-state index in [9.17, 15) is 4.79 Å². The topological polar surface area (TPSA) is 100 Å². The van der Waals surface area contributed by atoms with Crippen LogP contribution in [0, 0.1) is 11.3 Å². The second kappa shape index (κ2) is 10.6. The molecule has 0 bridgehead atoms. The third kappa shape index (κ3) is 5.26. The van der Waals surface area contributed by atoms with Crippen LogP contribution in [-0.4, -0.2) is 47.3 Å². The van der Waals surface area contributed by atoms with Crippen molar-refractivity contribution >= 4 is 29.5 Å². The standard InChI is InChI=1S/C25H30N6O2/c1-5-18-15-20(19-9-12-31(13-10-19)25(32)33-14-11-26)7-8-22(18)30(4)24(27)16-23-21(6-2)28-17-29(23)3/h6-9,15-17H,2,5,10,12-14,27H2,1,3-4H3/b24-16+. The molecule has 1 amide bonds. The molecule has 2 heterocycles. The first-order chi connectivity index (χ1) is 15.9. The molecule has 0 saturated carbocycles. The van der Waals surface area contributed by atoms with Crippen LogP contribution in [0.3, 0.4) is 0 Å². The molecule has 0 unspecified atom stereocenters. The first kappa shape index (κ1) is 23.7. The lowest BCUT2D eigenvalue weighted by Crippen LogP contribution is -2.35. The van der Waals surface area contributed by atoms with E-state index in [1.807, 2.05) is 41.8 Å². The van der Waals surface area contributed by atoms with Gasteiger partial charge in [-0.05, 0) is 47.8 Å². The summed E-state index contributed by atoms with van der Waals surface area (Å²) in [6, 6.07) is 8.18. The van der Waals surface area contributed by atoms with Crippen molar-refractivity contribution in [1.29, 1.82) is 5.26 Å². The molecule has 1 aliphatic rings. The summed E-state index contributed by atoms with van der Waals surface area (Å²) in [7, 11) is 3.88. The largest absolute Gasteiger partial charge is 0.434 e. The van der Waals surface area contributed by atoms with E-state index in [0.29, 0.717) is 18.9 Å². The highest BCUT2D eigenvalue weighted by molar-refractivity contribution is 5.75. The molecule has 2 aromatic rings. The quantitative estimate of drug-likeness (QED) is 0.695. The van der Waals surface area contributed by atoms with Gasteiger partial charge in [0.05, 0.1) is 17.7 Å². The Bertz CT molecular complexity index is 1140. The Kier molecular flexibility index (Phi) is 7.57. The lowest BCUT2D eigenvalue weighted by Gasteiger charge is -2.27. The van der Waals surface area contributed by atoms with Gasteiger partial charge < -0.3 is 24.8 Å². The molecule has 0 radical (unpaired) electrons. The Hall–Kier alpha value is -3.99. The fourth-order valence-corrected chi connectivity index (χ4v) is 3.84. The van der Waals surface area contributed by atoms with Crippen LogP contribution in [0.4, 0.5) is 10.5 Å². The Morgan fingerprint density at radius 2 is 2.24 bits per heavy atom. The van der Waals surface area contributed by atoms with E-state index in [-0.39, 0.29) is 6.61 Å². The molecule has 8 heteroatoms. The Labute approximate surface area is 194 Å². The number of hydrogen-bond acceptors (Lipinski definition) is 6. The summed E-state index contributed by atoms with van der Waals surface area (Å²) in [5, 5.41) is 8.57. The van der Waals surface area contributed by atoms with Crippen LogP contribution in [-0.2, 0) is 18.2 Å². The van der Waals surface area contributed by atoms with Crippen molar-refractivity contribution in [2.24, 2.45) is 12.8 Å². The van der Waals surface area contributed by atoms with Gasteiger partial charge in [0.15, 0.2) is 6.61 Å². The summed E-state index contributed by atoms with van der Waals surface area (Å²) < 4.78 is 6.81. The third-order valence-corrected chi connectivity index (χ3v) is 5.80. The summed E-state index contributed by atoms with van der Waals surface area (Å²) in [5.41, 5.74) is 12.7. The van der Waals surface area contributed by atoms with Gasteiger partial charge in [0.25, 0.3) is 0 Å². The van der Waals surface area contributed by atoms with Gasteiger partial charge in [-0.1, -0.05) is 25.6 Å². The molecule has 2 N–H and O–H groups in total. The number of nitriles is 1. The lowest BCUT2D eigenvalue weighted by molar-refractivity contribution is 0.117. The van der Waals surface area contributed by atoms with Crippen LogP contribution in [0.1, 0.15) is 35.9 Å². The highest BCUT2D eigenvalue weighted by Gasteiger charge is 2.20. The molecule has 33 heavy (non-hydrogen) atoms. The summed E-state index contributed by atoms with van der Waals surface area (Å²) in [5.74, 6) is 0.604. The molecule has 8 nitrogen and oxygen atoms in total. The summed E-state index contributed by atoms with van der Waals surface area (Å²) in [6.45, 7) is 6.74. The number of rotatable bonds is 7. The van der Waals surface area contributed by atoms with Gasteiger partial charge in [0.2, 0.25) is 0 Å². The molecule has 1 aromatic carbocycles. The first-order valence-electron chi connectivity index (χ1n) is 10.8. The first-order valence-corrected chi connectivity index (χ1v) is 10.8. The van der Waals surface area contributed by atoms with Crippen LogP contribution < -0.4 is 10.6 Å². The van der Waals surface area contributed by atoms with Gasteiger partial charge in [-0.25, -0.2) is 9.78 Å². The summed E-state index contributed by atoms with van der Waals surface area (Å²) >= 11 is 0. The molecule has 0 aliphatic carbocycles. The average Bonchev–Trinajstić information content (AvgIpc) is 3.20. The molecule has 1 aromatic heterocycles. The van der Waals surface area contributed by atoms with E-state index in [1.54, 1.807) is 17.3 Å². The van der Waals surface area contributed by atoms with E-state index in [2.05, 4.69) is 36.7 Å². The Morgan fingerprint density at radius 3 is 2.88 bits per heavy atom. The van der Waals surface area contributed by atoms with E-state index in [1.165, 1.54) is 11.1 Å². The van der Waals surface area contributed by atoms with Gasteiger partial charge in [-0.3, -0.25) is 0 Å². The van der Waals surface area contributed by atoms with Crippen LogP contribution in [0.15, 0.2) is 43.0 Å². The van der Waals surface area contributed by atoms with Gasteiger partial charge in [-0.2, -0.15) is 5.26 Å². The summed E-state index contributed by atoms with van der Waals surface area (Å²) in [4.78, 5) is 19.8. The number of imidazole rings is 1. The predicted molar refractivity (Wildman–Crippen MR) is 131 cm³/mol. The van der Waals surface area contributed by atoms with Crippen molar-refractivity contribution in [2.75, 3.05) is 31.6 Å². The molecule has 3 rings (SSSR count). The van der Waals surface area contributed by atoms with Crippen molar-refractivity contribution in [1.82, 2.24) is 14.5 Å². The maximum atomic E-state index is 11.9. The van der Waals surface area contributed by atoms with Crippen molar-refractivity contribution in [3.8, 4) is 6.07 Å². The number of amides is 1. The van der Waals surface area contributed by atoms with Gasteiger partial charge >= 0.3 is 6.09 Å². The monoisotopic (exact) mass is 446 g/mol. The van der Waals surface area contributed by atoms with Crippen molar-refractivity contribution in [2.45, 2.75) is 19.8 Å². The minimum absolute atomic E-state index is 0.228. The van der Waals surface area contributed by atoms with E-state index >= 15 is 0 Å². The second-order valence-electron chi connectivity index (χ2n) is 7.79. The second-order valence-corrected chi connectivity index (χ2v) is 7.79. The zero-order valence-electron chi connectivity index (χ0n) is 19.4. The van der Waals surface area contributed by atoms with Crippen LogP contribution >= 0.6 is 0 Å². The number of anilines is 1. The molecule has 0 fully saturated rings. The van der Waals surface area contributed by atoms with Gasteiger partial charge in [0.1, 0.15) is 11.9 Å². The lowest BCUT2D eigenvalue weighted by atomic mass is 9.96. The number of ether oxygens (including phenoxy) is 1. The van der Waals surface area contributed by atoms with Crippen LogP contribution in [0.2, 0.25) is 0 Å².